The summed E-state index contributed by atoms with van der Waals surface area (Å²) in [6.07, 6.45) is 1.39. The Balaban J connectivity index is 2.08. The minimum absolute atomic E-state index is 0.256. The molecule has 0 saturated carbocycles. The Bertz CT molecular complexity index is 1320. The van der Waals surface area contributed by atoms with Crippen LogP contribution in [-0.2, 0) is 4.74 Å². The van der Waals surface area contributed by atoms with Gasteiger partial charge in [0.1, 0.15) is 22.2 Å². The van der Waals surface area contributed by atoms with Crippen LogP contribution >= 0.6 is 11.3 Å². The average molecular weight is 390 g/mol. The van der Waals surface area contributed by atoms with Gasteiger partial charge in [0.15, 0.2) is 0 Å². The number of aromatic amines is 1. The number of H-pyrrole nitrogens is 1. The SMILES string of the molecule is COC(=O)c1cc(-n2nc(-c3ccccc3C)c3c(C#N)c[nH]c(=O)c32)cs1. The highest BCUT2D eigenvalue weighted by Crippen LogP contribution is 2.33. The summed E-state index contributed by atoms with van der Waals surface area (Å²) in [5, 5.41) is 16.4. The number of aromatic nitrogens is 3. The highest BCUT2D eigenvalue weighted by molar-refractivity contribution is 7.12. The van der Waals surface area contributed by atoms with Gasteiger partial charge in [-0.25, -0.2) is 9.48 Å². The standard InChI is InChI=1S/C20H14N4O3S/c1-11-5-3-4-6-14(11)17-16-12(8-21)9-22-19(25)18(16)24(23-17)13-7-15(28-10-13)20(26)27-2/h3-7,9-10H,1-2H3,(H,22,25). The van der Waals surface area contributed by atoms with E-state index >= 15 is 0 Å². The predicted molar refractivity (Wildman–Crippen MR) is 106 cm³/mol. The van der Waals surface area contributed by atoms with Gasteiger partial charge in [0.2, 0.25) is 0 Å². The van der Waals surface area contributed by atoms with Gasteiger partial charge in [-0.3, -0.25) is 4.79 Å². The van der Waals surface area contributed by atoms with Crippen molar-refractivity contribution in [3.8, 4) is 23.0 Å². The summed E-state index contributed by atoms with van der Waals surface area (Å²) in [6.45, 7) is 1.94. The molecular formula is C20H14N4O3S. The van der Waals surface area contributed by atoms with Crippen molar-refractivity contribution >= 4 is 28.2 Å². The fraction of sp³-hybridized carbons (Fsp3) is 0.100. The third-order valence-corrected chi connectivity index (χ3v) is 5.35. The van der Waals surface area contributed by atoms with E-state index in [-0.39, 0.29) is 11.1 Å². The molecular weight excluding hydrogens is 376 g/mol. The van der Waals surface area contributed by atoms with Crippen molar-refractivity contribution in [1.29, 1.82) is 5.26 Å². The Kier molecular flexibility index (Phi) is 4.29. The number of fused-ring (bicyclic) bond motifs is 1. The van der Waals surface area contributed by atoms with Gasteiger partial charge in [0.25, 0.3) is 5.56 Å². The minimum Gasteiger partial charge on any atom is -0.465 e. The molecule has 3 aromatic heterocycles. The zero-order valence-corrected chi connectivity index (χ0v) is 15.8. The maximum atomic E-state index is 12.7. The highest BCUT2D eigenvalue weighted by Gasteiger charge is 2.22. The van der Waals surface area contributed by atoms with Gasteiger partial charge in [-0.15, -0.1) is 11.3 Å². The molecule has 0 aliphatic rings. The van der Waals surface area contributed by atoms with Crippen LogP contribution in [-0.4, -0.2) is 27.8 Å². The molecule has 28 heavy (non-hydrogen) atoms. The number of carbonyl (C=O) groups excluding carboxylic acids is 1. The molecule has 3 heterocycles. The lowest BCUT2D eigenvalue weighted by Gasteiger charge is -2.02. The van der Waals surface area contributed by atoms with Crippen LogP contribution in [0.1, 0.15) is 20.8 Å². The van der Waals surface area contributed by atoms with E-state index in [1.54, 1.807) is 11.4 Å². The quantitative estimate of drug-likeness (QED) is 0.540. The number of methoxy groups -OCH3 is 1. The number of benzene rings is 1. The Hall–Kier alpha value is -3.70. The second-order valence-electron chi connectivity index (χ2n) is 6.10. The van der Waals surface area contributed by atoms with Crippen LogP contribution in [0.4, 0.5) is 0 Å². The lowest BCUT2D eigenvalue weighted by molar-refractivity contribution is 0.0606. The summed E-state index contributed by atoms with van der Waals surface area (Å²) in [5.41, 5.74) is 3.11. The molecule has 1 aromatic carbocycles. The molecule has 0 aliphatic heterocycles. The van der Waals surface area contributed by atoms with E-state index < -0.39 is 5.97 Å². The Morgan fingerprint density at radius 3 is 2.86 bits per heavy atom. The normalized spacial score (nSPS) is 10.8. The van der Waals surface area contributed by atoms with E-state index in [1.165, 1.54) is 29.3 Å². The minimum atomic E-state index is -0.460. The molecule has 0 bridgehead atoms. The monoisotopic (exact) mass is 390 g/mol. The number of ether oxygens (including phenoxy) is 1. The molecule has 138 valence electrons. The largest absolute Gasteiger partial charge is 0.465 e. The molecule has 7 nitrogen and oxygen atoms in total. The maximum absolute atomic E-state index is 12.7. The average Bonchev–Trinajstić information content (AvgIpc) is 3.34. The fourth-order valence-electron chi connectivity index (χ4n) is 3.11. The molecule has 4 rings (SSSR count). The molecule has 0 aliphatic carbocycles. The maximum Gasteiger partial charge on any atom is 0.348 e. The van der Waals surface area contributed by atoms with Crippen molar-refractivity contribution in [1.82, 2.24) is 14.8 Å². The zero-order valence-electron chi connectivity index (χ0n) is 15.0. The number of pyridine rings is 1. The number of aryl methyl sites for hydroxylation is 1. The van der Waals surface area contributed by atoms with Crippen molar-refractivity contribution in [3.05, 3.63) is 68.3 Å². The molecule has 0 unspecified atom stereocenters. The summed E-state index contributed by atoms with van der Waals surface area (Å²) in [7, 11) is 1.31. The van der Waals surface area contributed by atoms with Crippen LogP contribution in [0.2, 0.25) is 0 Å². The molecule has 0 radical (unpaired) electrons. The van der Waals surface area contributed by atoms with Gasteiger partial charge in [0, 0.05) is 17.1 Å². The summed E-state index contributed by atoms with van der Waals surface area (Å²) < 4.78 is 6.23. The van der Waals surface area contributed by atoms with E-state index in [4.69, 9.17) is 4.74 Å². The van der Waals surface area contributed by atoms with Gasteiger partial charge in [-0.2, -0.15) is 10.4 Å². The van der Waals surface area contributed by atoms with Crippen LogP contribution < -0.4 is 5.56 Å². The molecule has 4 aromatic rings. The van der Waals surface area contributed by atoms with Crippen LogP contribution in [0.15, 0.2) is 46.7 Å². The Morgan fingerprint density at radius 1 is 1.36 bits per heavy atom. The van der Waals surface area contributed by atoms with Crippen molar-refractivity contribution in [3.63, 3.8) is 0 Å². The first-order chi connectivity index (χ1) is 13.5. The molecule has 0 spiro atoms. The smallest absolute Gasteiger partial charge is 0.348 e. The van der Waals surface area contributed by atoms with Crippen molar-refractivity contribution in [2.45, 2.75) is 6.92 Å². The van der Waals surface area contributed by atoms with Crippen molar-refractivity contribution < 1.29 is 9.53 Å². The first kappa shape index (κ1) is 17.7. The van der Waals surface area contributed by atoms with Gasteiger partial charge in [0.05, 0.1) is 23.7 Å². The fourth-order valence-corrected chi connectivity index (χ4v) is 3.89. The van der Waals surface area contributed by atoms with Crippen LogP contribution in [0, 0.1) is 18.3 Å². The topological polar surface area (TPSA) is 101 Å². The lowest BCUT2D eigenvalue weighted by Crippen LogP contribution is -2.10. The second kappa shape index (κ2) is 6.79. The van der Waals surface area contributed by atoms with Crippen LogP contribution in [0.25, 0.3) is 27.8 Å². The summed E-state index contributed by atoms with van der Waals surface area (Å²) in [4.78, 5) is 27.5. The third kappa shape index (κ3) is 2.69. The molecule has 8 heteroatoms. The van der Waals surface area contributed by atoms with E-state index in [9.17, 15) is 14.9 Å². The molecule has 0 atom stereocenters. The van der Waals surface area contributed by atoms with E-state index in [0.29, 0.717) is 27.2 Å². The Labute approximate surface area is 163 Å². The van der Waals surface area contributed by atoms with Crippen LogP contribution in [0.5, 0.6) is 0 Å². The predicted octanol–water partition coefficient (Wildman–Crippen LogP) is 3.41. The number of nitrogens with zero attached hydrogens (tertiary/aromatic N) is 3. The van der Waals surface area contributed by atoms with Crippen molar-refractivity contribution in [2.75, 3.05) is 7.11 Å². The van der Waals surface area contributed by atoms with E-state index in [1.807, 2.05) is 31.2 Å². The van der Waals surface area contributed by atoms with E-state index in [2.05, 4.69) is 16.2 Å². The van der Waals surface area contributed by atoms with Gasteiger partial charge < -0.3 is 9.72 Å². The van der Waals surface area contributed by atoms with Crippen LogP contribution in [0.3, 0.4) is 0 Å². The van der Waals surface area contributed by atoms with Gasteiger partial charge >= 0.3 is 5.97 Å². The highest BCUT2D eigenvalue weighted by atomic mass is 32.1. The summed E-state index contributed by atoms with van der Waals surface area (Å²) in [5.74, 6) is -0.460. The lowest BCUT2D eigenvalue weighted by atomic mass is 10.0. The zero-order chi connectivity index (χ0) is 19.8. The number of hydrogen-bond acceptors (Lipinski definition) is 6. The van der Waals surface area contributed by atoms with Gasteiger partial charge in [-0.1, -0.05) is 24.3 Å². The number of rotatable bonds is 3. The number of hydrogen-bond donors (Lipinski definition) is 1. The first-order valence-corrected chi connectivity index (χ1v) is 9.21. The molecule has 0 fully saturated rings. The number of esters is 1. The second-order valence-corrected chi connectivity index (χ2v) is 7.01. The third-order valence-electron chi connectivity index (χ3n) is 4.45. The summed E-state index contributed by atoms with van der Waals surface area (Å²) in [6, 6.07) is 11.4. The number of carbonyl (C=O) groups is 1. The molecule has 1 N–H and O–H groups in total. The molecule has 0 saturated heterocycles. The van der Waals surface area contributed by atoms with Crippen molar-refractivity contribution in [2.24, 2.45) is 0 Å². The van der Waals surface area contributed by atoms with E-state index in [0.717, 1.165) is 11.1 Å². The Morgan fingerprint density at radius 2 is 2.14 bits per heavy atom. The first-order valence-electron chi connectivity index (χ1n) is 8.33. The number of nitriles is 1. The number of nitrogens with one attached hydrogen (secondary N) is 1. The van der Waals surface area contributed by atoms with Gasteiger partial charge in [-0.05, 0) is 18.6 Å². The number of thiophene rings is 1. The molecule has 0 amide bonds. The summed E-state index contributed by atoms with van der Waals surface area (Å²) >= 11 is 1.20.